The highest BCUT2D eigenvalue weighted by Gasteiger charge is 1.95. The van der Waals surface area contributed by atoms with Crippen LogP contribution < -0.4 is 0 Å². The molecule has 2 radical (unpaired) electrons. The Kier molecular flexibility index (Phi) is 5.37. The first kappa shape index (κ1) is 8.14. The van der Waals surface area contributed by atoms with Gasteiger partial charge in [-0.25, -0.2) is 0 Å². The third-order valence-electron chi connectivity index (χ3n) is 1.19. The number of rotatable bonds is 4. The van der Waals surface area contributed by atoms with Gasteiger partial charge in [0.05, 0.1) is 0 Å². The average Bonchev–Trinajstić information content (AvgIpc) is 1.83. The summed E-state index contributed by atoms with van der Waals surface area (Å²) in [5.41, 5.74) is 0. The molecule has 0 aromatic rings. The Balaban J connectivity index is 3.07. The van der Waals surface area contributed by atoms with Crippen LogP contribution in [0.5, 0.6) is 0 Å². The Bertz CT molecular complexity index is 47.7. The number of hydrogen-bond acceptors (Lipinski definition) is 2. The van der Waals surface area contributed by atoms with Gasteiger partial charge in [0.15, 0.2) is 0 Å². The smallest absolute Gasteiger partial charge is 0.240 e. The van der Waals surface area contributed by atoms with Crippen molar-refractivity contribution in [3.63, 3.8) is 0 Å². The topological polar surface area (TPSA) is 23.5 Å². The fraction of sp³-hybridized carbons (Fsp3) is 1.00. The molecule has 0 unspecified atom stereocenters. The molecule has 1 N–H and O–H groups in total. The molecule has 0 bridgehead atoms. The predicted molar refractivity (Wildman–Crippen MR) is 35.8 cm³/mol. The first-order chi connectivity index (χ1) is 3.85. The Morgan fingerprint density at radius 1 is 1.38 bits per heavy atom. The van der Waals surface area contributed by atoms with Crippen molar-refractivity contribution in [2.75, 3.05) is 19.3 Å². The lowest BCUT2D eigenvalue weighted by atomic mass is 10.6. The Labute approximate surface area is 53.5 Å². The van der Waals surface area contributed by atoms with E-state index >= 15 is 0 Å². The molecular weight excluding hydrogens is 118 g/mol. The molecule has 0 saturated carbocycles. The third kappa shape index (κ3) is 3.18. The van der Waals surface area contributed by atoms with Crippen molar-refractivity contribution in [2.45, 2.75) is 13.8 Å². The molecule has 48 valence electrons. The third-order valence-corrected chi connectivity index (χ3v) is 1.78. The zero-order valence-electron chi connectivity index (χ0n) is 5.52. The number of nitrogens with zero attached hydrogens (tertiary/aromatic N) is 1. The minimum atomic E-state index is 0.0777. The van der Waals surface area contributed by atoms with Gasteiger partial charge < -0.3 is 9.70 Å². The summed E-state index contributed by atoms with van der Waals surface area (Å²) >= 11 is 0. The fourth-order valence-corrected chi connectivity index (χ4v) is 1.19. The Hall–Kier alpha value is 0.137. The van der Waals surface area contributed by atoms with Crippen LogP contribution >= 0.6 is 0 Å². The number of hydrogen-bond donors (Lipinski definition) is 1. The molecule has 0 rings (SSSR count). The zero-order valence-corrected chi connectivity index (χ0v) is 6.52. The lowest BCUT2D eigenvalue weighted by molar-refractivity contribution is 0.341. The Morgan fingerprint density at radius 3 is 2.00 bits per heavy atom. The summed E-state index contributed by atoms with van der Waals surface area (Å²) in [4.78, 5) is 10.7. The van der Waals surface area contributed by atoms with Crippen LogP contribution in [-0.4, -0.2) is 38.7 Å². The highest BCUT2D eigenvalue weighted by Crippen LogP contribution is 1.81. The van der Waals surface area contributed by atoms with E-state index in [0.29, 0.717) is 0 Å². The van der Waals surface area contributed by atoms with Gasteiger partial charge in [-0.2, -0.15) is 0 Å². The van der Waals surface area contributed by atoms with Crippen LogP contribution in [0.25, 0.3) is 0 Å². The second-order valence-corrected chi connectivity index (χ2v) is 2.25. The molecule has 0 aliphatic carbocycles. The van der Waals surface area contributed by atoms with Gasteiger partial charge in [0, 0.05) is 6.17 Å². The van der Waals surface area contributed by atoms with Crippen LogP contribution in [0.15, 0.2) is 0 Å². The van der Waals surface area contributed by atoms with Gasteiger partial charge in [-0.05, 0) is 13.1 Å². The highest BCUT2D eigenvalue weighted by atomic mass is 28.2. The summed E-state index contributed by atoms with van der Waals surface area (Å²) in [7, 11) is 0.0777. The van der Waals surface area contributed by atoms with E-state index in [1.54, 1.807) is 0 Å². The van der Waals surface area contributed by atoms with E-state index in [-0.39, 0.29) is 9.76 Å². The molecule has 0 heterocycles. The molecule has 0 aliphatic rings. The van der Waals surface area contributed by atoms with Crippen molar-refractivity contribution in [3.8, 4) is 0 Å². The SMILES string of the molecule is CCN(CC)C[Si]O. The van der Waals surface area contributed by atoms with Gasteiger partial charge in [0.1, 0.15) is 0 Å². The van der Waals surface area contributed by atoms with Crippen molar-refractivity contribution in [3.05, 3.63) is 0 Å². The van der Waals surface area contributed by atoms with Gasteiger partial charge in [0.25, 0.3) is 0 Å². The second-order valence-electron chi connectivity index (χ2n) is 1.62. The zero-order chi connectivity index (χ0) is 6.41. The highest BCUT2D eigenvalue weighted by molar-refractivity contribution is 6.25. The van der Waals surface area contributed by atoms with E-state index in [4.69, 9.17) is 4.80 Å². The normalized spacial score (nSPS) is 10.5. The van der Waals surface area contributed by atoms with Crippen molar-refractivity contribution >= 4 is 9.76 Å². The molecule has 0 aromatic heterocycles. The van der Waals surface area contributed by atoms with Crippen molar-refractivity contribution in [1.82, 2.24) is 4.90 Å². The van der Waals surface area contributed by atoms with Crippen molar-refractivity contribution in [2.24, 2.45) is 0 Å². The van der Waals surface area contributed by atoms with Crippen molar-refractivity contribution < 1.29 is 4.80 Å². The molecule has 8 heavy (non-hydrogen) atoms. The summed E-state index contributed by atoms with van der Waals surface area (Å²) in [6, 6.07) is 0. The summed E-state index contributed by atoms with van der Waals surface area (Å²) in [6.45, 7) is 6.29. The maximum Gasteiger partial charge on any atom is 0.240 e. The van der Waals surface area contributed by atoms with Gasteiger partial charge in [-0.3, -0.25) is 0 Å². The quantitative estimate of drug-likeness (QED) is 0.538. The fourth-order valence-electron chi connectivity index (χ4n) is 0.547. The molecular formula is C5H13NOSi. The van der Waals surface area contributed by atoms with Gasteiger partial charge in [0.2, 0.25) is 9.76 Å². The monoisotopic (exact) mass is 131 g/mol. The molecule has 0 amide bonds. The Morgan fingerprint density at radius 2 is 1.88 bits per heavy atom. The summed E-state index contributed by atoms with van der Waals surface area (Å²) in [6.07, 6.45) is 0.840. The molecule has 0 fully saturated rings. The molecule has 0 aromatic carbocycles. The average molecular weight is 131 g/mol. The molecule has 0 spiro atoms. The van der Waals surface area contributed by atoms with Crippen LogP contribution in [0, 0.1) is 0 Å². The van der Waals surface area contributed by atoms with Gasteiger partial charge in [-0.1, -0.05) is 13.8 Å². The maximum absolute atomic E-state index is 8.48. The van der Waals surface area contributed by atoms with E-state index in [1.807, 2.05) is 0 Å². The molecule has 2 nitrogen and oxygen atoms in total. The van der Waals surface area contributed by atoms with Crippen LogP contribution in [-0.2, 0) is 0 Å². The molecule has 3 heteroatoms. The van der Waals surface area contributed by atoms with E-state index in [0.717, 1.165) is 19.3 Å². The summed E-state index contributed by atoms with van der Waals surface area (Å²) < 4.78 is 0. The van der Waals surface area contributed by atoms with Gasteiger partial charge >= 0.3 is 0 Å². The minimum absolute atomic E-state index is 0.0777. The van der Waals surface area contributed by atoms with Crippen LogP contribution in [0.2, 0.25) is 0 Å². The van der Waals surface area contributed by atoms with E-state index in [2.05, 4.69) is 18.7 Å². The predicted octanol–water partition coefficient (Wildman–Crippen LogP) is -0.103. The lowest BCUT2D eigenvalue weighted by Crippen LogP contribution is -2.27. The van der Waals surface area contributed by atoms with Crippen LogP contribution in [0.1, 0.15) is 13.8 Å². The van der Waals surface area contributed by atoms with E-state index in [9.17, 15) is 0 Å². The second kappa shape index (κ2) is 5.28. The molecule has 0 aliphatic heterocycles. The van der Waals surface area contributed by atoms with Crippen molar-refractivity contribution in [1.29, 1.82) is 0 Å². The standard InChI is InChI=1S/C5H13NOSi/c1-3-6(4-2)5-8-7/h7H,3-5H2,1-2H3. The summed E-state index contributed by atoms with van der Waals surface area (Å²) in [5, 5.41) is 0. The minimum Gasteiger partial charge on any atom is -0.431 e. The summed E-state index contributed by atoms with van der Waals surface area (Å²) in [5.74, 6) is 0. The first-order valence-electron chi connectivity index (χ1n) is 2.94. The van der Waals surface area contributed by atoms with Crippen LogP contribution in [0.4, 0.5) is 0 Å². The molecule has 0 atom stereocenters. The first-order valence-corrected chi connectivity index (χ1v) is 4.09. The van der Waals surface area contributed by atoms with Gasteiger partial charge in [-0.15, -0.1) is 0 Å². The van der Waals surface area contributed by atoms with E-state index < -0.39 is 0 Å². The maximum atomic E-state index is 8.48. The largest absolute Gasteiger partial charge is 0.431 e. The van der Waals surface area contributed by atoms with E-state index in [1.165, 1.54) is 0 Å². The lowest BCUT2D eigenvalue weighted by Gasteiger charge is -2.14. The van der Waals surface area contributed by atoms with Crippen LogP contribution in [0.3, 0.4) is 0 Å². The molecule has 0 saturated heterocycles.